The first-order valence-electron chi connectivity index (χ1n) is 10.6. The van der Waals surface area contributed by atoms with E-state index in [4.69, 9.17) is 0 Å². The minimum absolute atomic E-state index is 0.0380. The minimum atomic E-state index is -4.33. The lowest BCUT2D eigenvalue weighted by Crippen LogP contribution is -2.32. The van der Waals surface area contributed by atoms with Crippen LogP contribution in [0.3, 0.4) is 0 Å². The van der Waals surface area contributed by atoms with Crippen molar-refractivity contribution in [1.82, 2.24) is 14.7 Å². The summed E-state index contributed by atoms with van der Waals surface area (Å²) < 4.78 is 27.3. The molecule has 0 radical (unpaired) electrons. The number of hydrogen-bond acceptors (Lipinski definition) is 8. The van der Waals surface area contributed by atoms with Gasteiger partial charge >= 0.3 is 0 Å². The molecule has 0 fully saturated rings. The van der Waals surface area contributed by atoms with Gasteiger partial charge in [-0.3, -0.25) is 14.9 Å². The summed E-state index contributed by atoms with van der Waals surface area (Å²) in [6.07, 6.45) is 3.22. The van der Waals surface area contributed by atoms with Crippen LogP contribution < -0.4 is 9.62 Å². The number of amides is 1. The van der Waals surface area contributed by atoms with E-state index < -0.39 is 26.5 Å². The third-order valence-electron chi connectivity index (χ3n) is 5.07. The van der Waals surface area contributed by atoms with Gasteiger partial charge in [0, 0.05) is 31.9 Å². The fourth-order valence-corrected chi connectivity index (χ4v) is 4.25. The Balaban J connectivity index is 1.79. The van der Waals surface area contributed by atoms with Gasteiger partial charge in [0.15, 0.2) is 0 Å². The molecule has 1 heterocycles. The molecule has 0 bridgehead atoms. The summed E-state index contributed by atoms with van der Waals surface area (Å²) >= 11 is 0. The monoisotopic (exact) mass is 483 g/mol. The van der Waals surface area contributed by atoms with Crippen molar-refractivity contribution in [3.8, 4) is 0 Å². The number of likely N-dealkylation sites (N-methyl/N-ethyl adjacent to an activating group) is 1. The molecule has 0 aliphatic carbocycles. The zero-order valence-electron chi connectivity index (χ0n) is 18.8. The van der Waals surface area contributed by atoms with Gasteiger partial charge in [-0.05, 0) is 24.5 Å². The van der Waals surface area contributed by atoms with Crippen LogP contribution in [-0.2, 0) is 22.9 Å². The highest BCUT2D eigenvalue weighted by Crippen LogP contribution is 2.19. The van der Waals surface area contributed by atoms with E-state index in [1.165, 1.54) is 30.0 Å². The molecule has 0 aliphatic rings. The Bertz CT molecular complexity index is 1280. The third kappa shape index (κ3) is 6.13. The van der Waals surface area contributed by atoms with Gasteiger partial charge in [0.2, 0.25) is 5.95 Å². The Labute approximate surface area is 197 Å². The maximum atomic E-state index is 12.8. The summed E-state index contributed by atoms with van der Waals surface area (Å²) in [5.74, 6) is -0.467. The molecule has 0 saturated carbocycles. The van der Waals surface area contributed by atoms with Gasteiger partial charge in [-0.15, -0.1) is 0 Å². The Hall–Kier alpha value is -3.86. The Morgan fingerprint density at radius 3 is 2.53 bits per heavy atom. The summed E-state index contributed by atoms with van der Waals surface area (Å²) in [4.78, 5) is 33.3. The predicted molar refractivity (Wildman–Crippen MR) is 127 cm³/mol. The highest BCUT2D eigenvalue weighted by molar-refractivity contribution is 7.90. The van der Waals surface area contributed by atoms with Crippen LogP contribution in [0.15, 0.2) is 65.7 Å². The van der Waals surface area contributed by atoms with Crippen molar-refractivity contribution >= 4 is 27.6 Å². The van der Waals surface area contributed by atoms with Gasteiger partial charge in [0.05, 0.1) is 21.1 Å². The quantitative estimate of drug-likeness (QED) is 0.343. The van der Waals surface area contributed by atoms with Crippen LogP contribution in [0.2, 0.25) is 0 Å². The normalized spacial score (nSPS) is 11.1. The van der Waals surface area contributed by atoms with E-state index in [1.54, 1.807) is 0 Å². The van der Waals surface area contributed by atoms with E-state index in [0.717, 1.165) is 12.5 Å². The third-order valence-corrected chi connectivity index (χ3v) is 6.40. The first-order chi connectivity index (χ1) is 16.2. The molecule has 34 heavy (non-hydrogen) atoms. The highest BCUT2D eigenvalue weighted by Gasteiger charge is 2.24. The summed E-state index contributed by atoms with van der Waals surface area (Å²) in [5.41, 5.74) is 1.24. The summed E-state index contributed by atoms with van der Waals surface area (Å²) in [7, 11) is -2.48. The van der Waals surface area contributed by atoms with E-state index in [-0.39, 0.29) is 10.5 Å². The zero-order chi connectivity index (χ0) is 24.7. The van der Waals surface area contributed by atoms with Gasteiger partial charge < -0.3 is 4.90 Å². The minimum Gasteiger partial charge on any atom is -0.344 e. The second-order valence-electron chi connectivity index (χ2n) is 7.63. The van der Waals surface area contributed by atoms with Gasteiger partial charge in [-0.1, -0.05) is 49.7 Å². The smallest absolute Gasteiger partial charge is 0.270 e. The number of rotatable bonds is 10. The zero-order valence-corrected chi connectivity index (χ0v) is 19.7. The van der Waals surface area contributed by atoms with Crippen LogP contribution in [0.1, 0.15) is 35.0 Å². The molecule has 1 aromatic heterocycles. The van der Waals surface area contributed by atoms with E-state index >= 15 is 0 Å². The molecule has 3 aromatic rings. The second-order valence-corrected chi connectivity index (χ2v) is 9.31. The number of carbonyl (C=O) groups excluding carboxylic acids is 1. The molecule has 10 nitrogen and oxygen atoms in total. The second kappa shape index (κ2) is 10.8. The van der Waals surface area contributed by atoms with Gasteiger partial charge in [0.1, 0.15) is 0 Å². The number of non-ortho nitro benzene ring substituents is 1. The molecule has 0 atom stereocenters. The average Bonchev–Trinajstić information content (AvgIpc) is 2.83. The van der Waals surface area contributed by atoms with E-state index in [2.05, 4.69) is 9.97 Å². The fraction of sp³-hybridized carbons (Fsp3) is 0.261. The number of nitro benzene ring substituents is 1. The number of nitrogens with zero attached hydrogens (tertiary/aromatic N) is 4. The standard InChI is InChI=1S/C23H25N5O5S/c1-3-8-21-20(16-24-23(25-21)27(2)14-13-17-9-5-4-6-10-17)22(29)26-34(32,33)19-12-7-11-18(15-19)28(30)31/h4-7,9-12,15-16H,3,8,13-14H2,1-2H3,(H,26,29). The number of nitro groups is 1. The average molecular weight is 484 g/mol. The molecule has 0 aliphatic heterocycles. The molecule has 1 amide bonds. The maximum absolute atomic E-state index is 12.8. The maximum Gasteiger partial charge on any atom is 0.270 e. The summed E-state index contributed by atoms with van der Waals surface area (Å²) in [5, 5.41) is 11.0. The van der Waals surface area contributed by atoms with Crippen LogP contribution in [0, 0.1) is 10.1 Å². The van der Waals surface area contributed by atoms with Crippen LogP contribution in [-0.4, -0.2) is 42.8 Å². The van der Waals surface area contributed by atoms with Crippen LogP contribution >= 0.6 is 0 Å². The largest absolute Gasteiger partial charge is 0.344 e. The molecule has 1 N–H and O–H groups in total. The topological polar surface area (TPSA) is 135 Å². The lowest BCUT2D eigenvalue weighted by atomic mass is 10.1. The van der Waals surface area contributed by atoms with Crippen molar-refractivity contribution in [3.05, 3.63) is 87.7 Å². The number of nitrogens with one attached hydrogen (secondary N) is 1. The first kappa shape index (κ1) is 24.8. The molecule has 11 heteroatoms. The Morgan fingerprint density at radius 2 is 1.85 bits per heavy atom. The van der Waals surface area contributed by atoms with Crippen molar-refractivity contribution in [1.29, 1.82) is 0 Å². The molecule has 0 saturated heterocycles. The first-order valence-corrected chi connectivity index (χ1v) is 12.1. The van der Waals surface area contributed by atoms with Crippen LogP contribution in [0.5, 0.6) is 0 Å². The summed E-state index contributed by atoms with van der Waals surface area (Å²) in [6.45, 7) is 2.57. The van der Waals surface area contributed by atoms with Crippen molar-refractivity contribution in [3.63, 3.8) is 0 Å². The van der Waals surface area contributed by atoms with Crippen molar-refractivity contribution in [2.75, 3.05) is 18.5 Å². The molecule has 0 spiro atoms. The summed E-state index contributed by atoms with van der Waals surface area (Å²) in [6, 6.07) is 14.4. The number of aromatic nitrogens is 2. The van der Waals surface area contributed by atoms with E-state index in [9.17, 15) is 23.3 Å². The van der Waals surface area contributed by atoms with Crippen molar-refractivity contribution in [2.45, 2.75) is 31.1 Å². The molecule has 3 rings (SSSR count). The van der Waals surface area contributed by atoms with Gasteiger partial charge in [-0.25, -0.2) is 23.1 Å². The molecule has 2 aromatic carbocycles. The van der Waals surface area contributed by atoms with Crippen molar-refractivity contribution in [2.24, 2.45) is 0 Å². The number of sulfonamides is 1. The van der Waals surface area contributed by atoms with Crippen LogP contribution in [0.25, 0.3) is 0 Å². The van der Waals surface area contributed by atoms with Crippen LogP contribution in [0.4, 0.5) is 11.6 Å². The highest BCUT2D eigenvalue weighted by atomic mass is 32.2. The lowest BCUT2D eigenvalue weighted by Gasteiger charge is -2.19. The Kier molecular flexibility index (Phi) is 7.90. The number of carbonyl (C=O) groups is 1. The fourth-order valence-electron chi connectivity index (χ4n) is 3.25. The number of hydrogen-bond donors (Lipinski definition) is 1. The van der Waals surface area contributed by atoms with Crippen molar-refractivity contribution < 1.29 is 18.1 Å². The molecular weight excluding hydrogens is 458 g/mol. The number of anilines is 1. The SMILES string of the molecule is CCCc1nc(N(C)CCc2ccccc2)ncc1C(=O)NS(=O)(=O)c1cccc([N+](=O)[O-])c1. The van der Waals surface area contributed by atoms with E-state index in [0.29, 0.717) is 31.0 Å². The van der Waals surface area contributed by atoms with E-state index in [1.807, 2.05) is 53.9 Å². The van der Waals surface area contributed by atoms with Gasteiger partial charge in [0.25, 0.3) is 21.6 Å². The lowest BCUT2D eigenvalue weighted by molar-refractivity contribution is -0.385. The Morgan fingerprint density at radius 1 is 1.12 bits per heavy atom. The molecular formula is C23H25N5O5S. The van der Waals surface area contributed by atoms with Gasteiger partial charge in [-0.2, -0.15) is 0 Å². The molecule has 178 valence electrons. The molecule has 0 unspecified atom stereocenters. The predicted octanol–water partition coefficient (Wildman–Crippen LogP) is 3.13. The number of benzene rings is 2. The number of aryl methyl sites for hydroxylation is 1.